The van der Waals surface area contributed by atoms with E-state index >= 15 is 0 Å². The molecule has 2 atom stereocenters. The Morgan fingerprint density at radius 1 is 1.33 bits per heavy atom. The lowest BCUT2D eigenvalue weighted by Gasteiger charge is -2.27. The second-order valence-electron chi connectivity index (χ2n) is 6.09. The van der Waals surface area contributed by atoms with Crippen molar-refractivity contribution in [1.29, 1.82) is 0 Å². The number of rotatable bonds is 4. The normalized spacial score (nSPS) is 20.5. The molecule has 2 heterocycles. The highest BCUT2D eigenvalue weighted by molar-refractivity contribution is 5.90. The molecule has 0 bridgehead atoms. The van der Waals surface area contributed by atoms with Gasteiger partial charge in [-0.1, -0.05) is 12.1 Å². The monoisotopic (exact) mass is 330 g/mol. The number of benzene rings is 1. The van der Waals surface area contributed by atoms with Crippen molar-refractivity contribution in [3.05, 3.63) is 59.8 Å². The van der Waals surface area contributed by atoms with E-state index in [4.69, 9.17) is 4.42 Å². The lowest BCUT2D eigenvalue weighted by Crippen LogP contribution is -2.35. The molecule has 1 aromatic carbocycles. The van der Waals surface area contributed by atoms with Crippen LogP contribution in [0.25, 0.3) is 0 Å². The molecule has 126 valence electrons. The van der Waals surface area contributed by atoms with Gasteiger partial charge in [0, 0.05) is 20.5 Å². The number of nitrogens with zero attached hydrogens (tertiary/aromatic N) is 2. The molecule has 0 radical (unpaired) electrons. The van der Waals surface area contributed by atoms with Crippen LogP contribution in [0.15, 0.2) is 47.1 Å². The number of carbonyl (C=O) groups is 2. The lowest BCUT2D eigenvalue weighted by molar-refractivity contribution is -0.136. The van der Waals surface area contributed by atoms with E-state index in [0.29, 0.717) is 12.3 Å². The molecule has 1 aliphatic rings. The number of carbonyl (C=O) groups excluding carboxylic acids is 2. The van der Waals surface area contributed by atoms with E-state index in [-0.39, 0.29) is 30.1 Å². The standard InChI is InChI=1S/C18H19FN2O3/c1-20(11-14-4-3-9-24-14)18(23)15-10-16(22)21(2)17(15)12-5-7-13(19)8-6-12/h3-9,15,17H,10-11H2,1-2H3/t15-,17-/m1/s1. The van der Waals surface area contributed by atoms with E-state index in [1.165, 1.54) is 12.1 Å². The van der Waals surface area contributed by atoms with Crippen LogP contribution in [-0.2, 0) is 16.1 Å². The van der Waals surface area contributed by atoms with Crippen molar-refractivity contribution in [3.8, 4) is 0 Å². The van der Waals surface area contributed by atoms with Crippen molar-refractivity contribution in [1.82, 2.24) is 9.80 Å². The fraction of sp³-hybridized carbons (Fsp3) is 0.333. The minimum atomic E-state index is -0.493. The number of amides is 2. The molecule has 24 heavy (non-hydrogen) atoms. The molecule has 3 rings (SSSR count). The van der Waals surface area contributed by atoms with E-state index in [2.05, 4.69) is 0 Å². The van der Waals surface area contributed by atoms with Gasteiger partial charge in [-0.25, -0.2) is 4.39 Å². The fourth-order valence-electron chi connectivity index (χ4n) is 3.20. The summed E-state index contributed by atoms with van der Waals surface area (Å²) in [7, 11) is 3.37. The summed E-state index contributed by atoms with van der Waals surface area (Å²) in [4.78, 5) is 28.1. The Balaban J connectivity index is 1.82. The largest absolute Gasteiger partial charge is 0.467 e. The number of hydrogen-bond donors (Lipinski definition) is 0. The van der Waals surface area contributed by atoms with Gasteiger partial charge in [-0.05, 0) is 29.8 Å². The molecular formula is C18H19FN2O3. The predicted octanol–water partition coefficient (Wildman–Crippen LogP) is 2.60. The van der Waals surface area contributed by atoms with Crippen LogP contribution >= 0.6 is 0 Å². The van der Waals surface area contributed by atoms with Gasteiger partial charge in [-0.2, -0.15) is 0 Å². The van der Waals surface area contributed by atoms with Crippen molar-refractivity contribution < 1.29 is 18.4 Å². The third kappa shape index (κ3) is 3.04. The van der Waals surface area contributed by atoms with Gasteiger partial charge in [0.1, 0.15) is 11.6 Å². The number of halogens is 1. The summed E-state index contributed by atoms with van der Waals surface area (Å²) in [6, 6.07) is 9.13. The smallest absolute Gasteiger partial charge is 0.228 e. The van der Waals surface area contributed by atoms with Gasteiger partial charge in [0.2, 0.25) is 11.8 Å². The molecule has 1 saturated heterocycles. The Kier molecular flexibility index (Phi) is 4.38. The van der Waals surface area contributed by atoms with Crippen LogP contribution < -0.4 is 0 Å². The second-order valence-corrected chi connectivity index (χ2v) is 6.09. The van der Waals surface area contributed by atoms with Crippen LogP contribution in [0.3, 0.4) is 0 Å². The average molecular weight is 330 g/mol. The van der Waals surface area contributed by atoms with Gasteiger partial charge >= 0.3 is 0 Å². The van der Waals surface area contributed by atoms with Crippen LogP contribution in [0, 0.1) is 11.7 Å². The molecule has 2 amide bonds. The van der Waals surface area contributed by atoms with Crippen molar-refractivity contribution in [2.24, 2.45) is 5.92 Å². The maximum atomic E-state index is 13.2. The predicted molar refractivity (Wildman–Crippen MR) is 85.2 cm³/mol. The molecule has 0 aliphatic carbocycles. The minimum absolute atomic E-state index is 0.0888. The highest BCUT2D eigenvalue weighted by Crippen LogP contribution is 2.38. The Bertz CT molecular complexity index is 727. The highest BCUT2D eigenvalue weighted by atomic mass is 19.1. The fourth-order valence-corrected chi connectivity index (χ4v) is 3.20. The number of furan rings is 1. The van der Waals surface area contributed by atoms with Crippen LogP contribution in [-0.4, -0.2) is 35.7 Å². The summed E-state index contributed by atoms with van der Waals surface area (Å²) < 4.78 is 18.4. The molecule has 1 aromatic heterocycles. The third-order valence-corrected chi connectivity index (χ3v) is 4.46. The van der Waals surface area contributed by atoms with E-state index in [1.807, 2.05) is 0 Å². The van der Waals surface area contributed by atoms with Gasteiger partial charge in [0.15, 0.2) is 0 Å². The first-order valence-electron chi connectivity index (χ1n) is 7.76. The number of hydrogen-bond acceptors (Lipinski definition) is 3. The van der Waals surface area contributed by atoms with E-state index in [0.717, 1.165) is 5.56 Å². The van der Waals surface area contributed by atoms with Crippen LogP contribution in [0.2, 0.25) is 0 Å². The average Bonchev–Trinajstić information content (AvgIpc) is 3.17. The van der Waals surface area contributed by atoms with Crippen LogP contribution in [0.1, 0.15) is 23.8 Å². The van der Waals surface area contributed by atoms with E-state index < -0.39 is 5.92 Å². The topological polar surface area (TPSA) is 53.8 Å². The van der Waals surface area contributed by atoms with Gasteiger partial charge in [-0.3, -0.25) is 9.59 Å². The third-order valence-electron chi connectivity index (χ3n) is 4.46. The molecular weight excluding hydrogens is 311 g/mol. The molecule has 1 fully saturated rings. The number of likely N-dealkylation sites (tertiary alicyclic amines) is 1. The molecule has 0 N–H and O–H groups in total. The Morgan fingerprint density at radius 3 is 2.67 bits per heavy atom. The molecule has 0 spiro atoms. The summed E-state index contributed by atoms with van der Waals surface area (Å²) in [5.41, 5.74) is 0.759. The first-order valence-corrected chi connectivity index (χ1v) is 7.76. The minimum Gasteiger partial charge on any atom is -0.467 e. The zero-order valence-electron chi connectivity index (χ0n) is 13.6. The summed E-state index contributed by atoms with van der Waals surface area (Å²) in [6.07, 6.45) is 1.71. The van der Waals surface area contributed by atoms with Crippen molar-refractivity contribution in [3.63, 3.8) is 0 Å². The first kappa shape index (κ1) is 16.2. The van der Waals surface area contributed by atoms with Gasteiger partial charge in [0.25, 0.3) is 0 Å². The highest BCUT2D eigenvalue weighted by Gasteiger charge is 2.43. The van der Waals surface area contributed by atoms with Gasteiger partial charge in [0.05, 0.1) is 24.8 Å². The zero-order chi connectivity index (χ0) is 17.3. The molecule has 0 unspecified atom stereocenters. The van der Waals surface area contributed by atoms with Crippen LogP contribution in [0.4, 0.5) is 4.39 Å². The summed E-state index contributed by atoms with van der Waals surface area (Å²) in [5.74, 6) is -0.370. The molecule has 6 heteroatoms. The Morgan fingerprint density at radius 2 is 2.04 bits per heavy atom. The van der Waals surface area contributed by atoms with Crippen molar-refractivity contribution in [2.45, 2.75) is 19.0 Å². The zero-order valence-corrected chi connectivity index (χ0v) is 13.6. The SMILES string of the molecule is CN(Cc1ccco1)C(=O)[C@@H]1CC(=O)N(C)[C@@H]1c1ccc(F)cc1. The van der Waals surface area contributed by atoms with Crippen molar-refractivity contribution in [2.75, 3.05) is 14.1 Å². The summed E-state index contributed by atoms with van der Waals surface area (Å²) >= 11 is 0. The van der Waals surface area contributed by atoms with E-state index in [9.17, 15) is 14.0 Å². The molecule has 2 aromatic rings. The van der Waals surface area contributed by atoms with Gasteiger partial charge < -0.3 is 14.2 Å². The maximum absolute atomic E-state index is 13.2. The Labute approximate surface area is 139 Å². The van der Waals surface area contributed by atoms with Gasteiger partial charge in [-0.15, -0.1) is 0 Å². The Hall–Kier alpha value is -2.63. The summed E-state index contributed by atoms with van der Waals surface area (Å²) in [5, 5.41) is 0. The molecule has 1 aliphatic heterocycles. The van der Waals surface area contributed by atoms with E-state index in [1.54, 1.807) is 54.4 Å². The molecule has 5 nitrogen and oxygen atoms in total. The molecule has 0 saturated carbocycles. The lowest BCUT2D eigenvalue weighted by atomic mass is 9.92. The quantitative estimate of drug-likeness (QED) is 0.866. The van der Waals surface area contributed by atoms with Crippen LogP contribution in [0.5, 0.6) is 0 Å². The summed E-state index contributed by atoms with van der Waals surface area (Å²) in [6.45, 7) is 0.344. The maximum Gasteiger partial charge on any atom is 0.228 e. The van der Waals surface area contributed by atoms with Crippen molar-refractivity contribution >= 4 is 11.8 Å². The first-order chi connectivity index (χ1) is 11.5. The second kappa shape index (κ2) is 6.47.